The van der Waals surface area contributed by atoms with Crippen molar-refractivity contribution in [3.05, 3.63) is 64.5 Å². The molecule has 1 aliphatic heterocycles. The Hall–Kier alpha value is -3.66. The van der Waals surface area contributed by atoms with Crippen molar-refractivity contribution in [3.63, 3.8) is 0 Å². The van der Waals surface area contributed by atoms with Gasteiger partial charge in [0.2, 0.25) is 0 Å². The number of thiazole rings is 1. The van der Waals surface area contributed by atoms with Crippen LogP contribution in [0.5, 0.6) is 5.75 Å². The van der Waals surface area contributed by atoms with E-state index in [0.29, 0.717) is 11.3 Å². The number of fused-ring (bicyclic) bond motifs is 1. The number of imide groups is 1. The summed E-state index contributed by atoms with van der Waals surface area (Å²) in [5.41, 5.74) is 1.31. The van der Waals surface area contributed by atoms with Gasteiger partial charge in [0.05, 0.1) is 16.8 Å². The first-order valence-corrected chi connectivity index (χ1v) is 9.50. The van der Waals surface area contributed by atoms with Gasteiger partial charge in [0.15, 0.2) is 5.13 Å². The Bertz CT molecular complexity index is 1180. The highest BCUT2D eigenvalue weighted by Crippen LogP contribution is 2.33. The third-order valence-corrected chi connectivity index (χ3v) is 5.21. The molecule has 3 amide bonds. The summed E-state index contributed by atoms with van der Waals surface area (Å²) in [5.74, 6) is -1.44. The Balaban J connectivity index is 1.55. The largest absolute Gasteiger partial charge is 0.434 e. The van der Waals surface area contributed by atoms with Gasteiger partial charge in [-0.25, -0.2) is 4.98 Å². The van der Waals surface area contributed by atoms with Crippen molar-refractivity contribution in [1.82, 2.24) is 9.88 Å². The lowest BCUT2D eigenvalue weighted by molar-refractivity contribution is -0.0494. The number of nitrogens with zero attached hydrogens (tertiary/aromatic N) is 2. The number of amides is 3. The first-order chi connectivity index (χ1) is 14.3. The zero-order chi connectivity index (χ0) is 21.4. The molecule has 0 saturated carbocycles. The van der Waals surface area contributed by atoms with Crippen LogP contribution in [0.15, 0.2) is 47.8 Å². The van der Waals surface area contributed by atoms with E-state index in [1.165, 1.54) is 31.3 Å². The molecule has 0 radical (unpaired) electrons. The minimum absolute atomic E-state index is 0.0263. The lowest BCUT2D eigenvalue weighted by atomic mass is 10.1. The van der Waals surface area contributed by atoms with E-state index in [0.717, 1.165) is 16.2 Å². The van der Waals surface area contributed by atoms with Gasteiger partial charge in [0, 0.05) is 23.6 Å². The van der Waals surface area contributed by atoms with Gasteiger partial charge in [-0.3, -0.25) is 24.6 Å². The highest BCUT2D eigenvalue weighted by atomic mass is 32.1. The van der Waals surface area contributed by atoms with E-state index in [4.69, 9.17) is 0 Å². The summed E-state index contributed by atoms with van der Waals surface area (Å²) in [6, 6.07) is 10.4. The van der Waals surface area contributed by atoms with Gasteiger partial charge in [-0.1, -0.05) is 12.1 Å². The van der Waals surface area contributed by atoms with E-state index in [1.807, 2.05) is 0 Å². The Morgan fingerprint density at radius 2 is 1.83 bits per heavy atom. The summed E-state index contributed by atoms with van der Waals surface area (Å²) in [5, 5.41) is 4.44. The Morgan fingerprint density at radius 1 is 1.10 bits per heavy atom. The number of ether oxygens (including phenoxy) is 1. The number of hydrogen-bond donors (Lipinski definition) is 1. The molecule has 0 aliphatic carbocycles. The average molecular weight is 429 g/mol. The number of alkyl halides is 2. The highest BCUT2D eigenvalue weighted by Gasteiger charge is 2.33. The molecule has 0 unspecified atom stereocenters. The molecule has 7 nitrogen and oxygen atoms in total. The SMILES string of the molecule is CN1C(=O)c2ccc(C(=O)Nc3nc(-c4ccccc4OC(F)F)cs3)cc2C1=O. The number of halogens is 2. The maximum absolute atomic E-state index is 12.6. The van der Waals surface area contributed by atoms with E-state index in [2.05, 4.69) is 15.0 Å². The van der Waals surface area contributed by atoms with Crippen LogP contribution in [0.25, 0.3) is 11.3 Å². The quantitative estimate of drug-likeness (QED) is 0.622. The number of carbonyl (C=O) groups is 3. The number of carbonyl (C=O) groups excluding carboxylic acids is 3. The molecule has 30 heavy (non-hydrogen) atoms. The summed E-state index contributed by atoms with van der Waals surface area (Å²) in [6.45, 7) is -2.97. The van der Waals surface area contributed by atoms with Crippen molar-refractivity contribution in [2.24, 2.45) is 0 Å². The molecule has 2 aromatic carbocycles. The van der Waals surface area contributed by atoms with Gasteiger partial charge in [-0.05, 0) is 30.3 Å². The first kappa shape index (κ1) is 19.6. The van der Waals surface area contributed by atoms with Crippen LogP contribution in [0, 0.1) is 0 Å². The van der Waals surface area contributed by atoms with Crippen LogP contribution in [-0.2, 0) is 0 Å². The number of hydrogen-bond acceptors (Lipinski definition) is 6. The summed E-state index contributed by atoms with van der Waals surface area (Å²) in [4.78, 5) is 41.9. The van der Waals surface area contributed by atoms with Crippen LogP contribution in [0.4, 0.5) is 13.9 Å². The molecule has 10 heteroatoms. The summed E-state index contributed by atoms with van der Waals surface area (Å²) in [7, 11) is 1.37. The van der Waals surface area contributed by atoms with Crippen molar-refractivity contribution in [2.75, 3.05) is 12.4 Å². The number of para-hydroxylation sites is 1. The second-order valence-corrected chi connectivity index (χ2v) is 7.15. The molecule has 1 aliphatic rings. The van der Waals surface area contributed by atoms with Crippen LogP contribution in [0.2, 0.25) is 0 Å². The number of rotatable bonds is 5. The van der Waals surface area contributed by atoms with Crippen LogP contribution >= 0.6 is 11.3 Å². The topological polar surface area (TPSA) is 88.6 Å². The number of benzene rings is 2. The predicted octanol–water partition coefficient (Wildman–Crippen LogP) is 3.89. The monoisotopic (exact) mass is 429 g/mol. The van der Waals surface area contributed by atoms with E-state index >= 15 is 0 Å². The zero-order valence-electron chi connectivity index (χ0n) is 15.4. The number of aromatic nitrogens is 1. The third-order valence-electron chi connectivity index (χ3n) is 4.46. The Kier molecular flexibility index (Phi) is 5.00. The van der Waals surface area contributed by atoms with Crippen molar-refractivity contribution in [2.45, 2.75) is 6.61 Å². The lowest BCUT2D eigenvalue weighted by Crippen LogP contribution is -2.24. The molecule has 4 rings (SSSR count). The van der Waals surface area contributed by atoms with Crippen molar-refractivity contribution < 1.29 is 27.9 Å². The van der Waals surface area contributed by atoms with Crippen LogP contribution in [0.1, 0.15) is 31.1 Å². The molecule has 2 heterocycles. The second kappa shape index (κ2) is 7.64. The minimum Gasteiger partial charge on any atom is -0.434 e. The van der Waals surface area contributed by atoms with Gasteiger partial charge >= 0.3 is 6.61 Å². The van der Waals surface area contributed by atoms with Gasteiger partial charge in [-0.15, -0.1) is 11.3 Å². The minimum atomic E-state index is -2.97. The molecule has 0 spiro atoms. The maximum Gasteiger partial charge on any atom is 0.387 e. The number of anilines is 1. The van der Waals surface area contributed by atoms with Crippen molar-refractivity contribution >= 4 is 34.2 Å². The average Bonchev–Trinajstić information content (AvgIpc) is 3.27. The fourth-order valence-electron chi connectivity index (χ4n) is 3.00. The molecule has 3 aromatic rings. The molecule has 0 atom stereocenters. The van der Waals surface area contributed by atoms with Crippen LogP contribution in [0.3, 0.4) is 0 Å². The van der Waals surface area contributed by atoms with Gasteiger partial charge in [-0.2, -0.15) is 8.78 Å². The maximum atomic E-state index is 12.6. The number of nitrogens with one attached hydrogen (secondary N) is 1. The van der Waals surface area contributed by atoms with E-state index < -0.39 is 24.3 Å². The third kappa shape index (κ3) is 3.52. The lowest BCUT2D eigenvalue weighted by Gasteiger charge is -2.08. The standard InChI is InChI=1S/C20H13F2N3O4S/c1-25-17(27)11-7-6-10(8-13(11)18(25)28)16(26)24-20-23-14(9-30-20)12-4-2-3-5-15(12)29-19(21)22/h2-9,19H,1H3,(H,23,24,26). The molecular weight excluding hydrogens is 416 g/mol. The summed E-state index contributed by atoms with van der Waals surface area (Å²) in [6.07, 6.45) is 0. The molecule has 1 aromatic heterocycles. The zero-order valence-corrected chi connectivity index (χ0v) is 16.2. The Labute approximate surface area is 172 Å². The predicted molar refractivity (Wildman–Crippen MR) is 105 cm³/mol. The first-order valence-electron chi connectivity index (χ1n) is 8.62. The molecule has 0 saturated heterocycles. The summed E-state index contributed by atoms with van der Waals surface area (Å²) < 4.78 is 29.7. The van der Waals surface area contributed by atoms with Gasteiger partial charge in [0.1, 0.15) is 5.75 Å². The molecule has 0 fully saturated rings. The van der Waals surface area contributed by atoms with Gasteiger partial charge in [0.25, 0.3) is 17.7 Å². The smallest absolute Gasteiger partial charge is 0.387 e. The van der Waals surface area contributed by atoms with Crippen LogP contribution in [-0.4, -0.2) is 41.3 Å². The molecular formula is C20H13F2N3O4S. The van der Waals surface area contributed by atoms with Crippen molar-refractivity contribution in [3.8, 4) is 17.0 Å². The second-order valence-electron chi connectivity index (χ2n) is 6.30. The fraction of sp³-hybridized carbons (Fsp3) is 0.100. The molecule has 0 bridgehead atoms. The Morgan fingerprint density at radius 3 is 2.60 bits per heavy atom. The summed E-state index contributed by atoms with van der Waals surface area (Å²) >= 11 is 1.11. The van der Waals surface area contributed by atoms with E-state index in [9.17, 15) is 23.2 Å². The van der Waals surface area contributed by atoms with Crippen molar-refractivity contribution in [1.29, 1.82) is 0 Å². The van der Waals surface area contributed by atoms with E-state index in [-0.39, 0.29) is 27.6 Å². The fourth-order valence-corrected chi connectivity index (χ4v) is 3.71. The normalized spacial score (nSPS) is 13.0. The molecule has 152 valence electrons. The highest BCUT2D eigenvalue weighted by molar-refractivity contribution is 7.14. The molecule has 1 N–H and O–H groups in total. The van der Waals surface area contributed by atoms with Gasteiger partial charge < -0.3 is 4.74 Å². The van der Waals surface area contributed by atoms with E-state index in [1.54, 1.807) is 23.6 Å². The van der Waals surface area contributed by atoms with Crippen LogP contribution < -0.4 is 10.1 Å².